The van der Waals surface area contributed by atoms with Crippen LogP contribution in [-0.2, 0) is 0 Å². The Morgan fingerprint density at radius 2 is 0.800 bits per heavy atom. The van der Waals surface area contributed by atoms with Gasteiger partial charge in [-0.15, -0.1) is 0 Å². The van der Waals surface area contributed by atoms with Gasteiger partial charge in [0, 0.05) is 0 Å². The van der Waals surface area contributed by atoms with Crippen molar-refractivity contribution in [2.45, 2.75) is 12.8 Å². The number of hydrogen-bond acceptors (Lipinski definition) is 0. The average molecular weight is 132 g/mol. The van der Waals surface area contributed by atoms with E-state index >= 15 is 0 Å². The fourth-order valence-corrected chi connectivity index (χ4v) is 5.12. The van der Waals surface area contributed by atoms with E-state index in [0.717, 1.165) is 0 Å². The highest BCUT2D eigenvalue weighted by Crippen LogP contribution is 2.88. The summed E-state index contributed by atoms with van der Waals surface area (Å²) < 4.78 is 0. The molecule has 0 bridgehead atoms. The molecule has 0 saturated heterocycles. The van der Waals surface area contributed by atoms with Crippen LogP contribution in [0.15, 0.2) is 0 Å². The largest absolute Gasteiger partial charge is 0.0465 e. The summed E-state index contributed by atoms with van der Waals surface area (Å²) in [5.74, 6) is 10.4. The summed E-state index contributed by atoms with van der Waals surface area (Å²) in [6.45, 7) is 0. The number of rotatable bonds is 0. The Morgan fingerprint density at radius 3 is 1.10 bits per heavy atom. The van der Waals surface area contributed by atoms with Crippen molar-refractivity contribution in [2.24, 2.45) is 47.3 Å². The second-order valence-corrected chi connectivity index (χ2v) is 5.44. The molecule has 0 aromatic rings. The van der Waals surface area contributed by atoms with Crippen LogP contribution in [0, 0.1) is 47.3 Å². The van der Waals surface area contributed by atoms with Gasteiger partial charge in [0.2, 0.25) is 0 Å². The van der Waals surface area contributed by atoms with Crippen LogP contribution in [0.5, 0.6) is 0 Å². The summed E-state index contributed by atoms with van der Waals surface area (Å²) in [5.41, 5.74) is 0. The SMILES string of the molecule is C1[C@@H]2C3C(C4C3[C@H]3C[C@H]43)[C@@H]12. The Kier molecular flexibility index (Phi) is 0.352. The lowest BCUT2D eigenvalue weighted by Crippen LogP contribution is -2.62. The standard InChI is InChI=1S/C10H12/c1-3-4(1)8-7(3)9-5-2-6(5)10(8)9/h3-10H,1-2H2/t3-,4-,5-,6-,7?,8?,9?,10?/m0/s1. The van der Waals surface area contributed by atoms with E-state index in [0.29, 0.717) is 0 Å². The molecule has 5 aliphatic rings. The van der Waals surface area contributed by atoms with Crippen molar-refractivity contribution in [2.75, 3.05) is 0 Å². The monoisotopic (exact) mass is 132 g/mol. The predicted octanol–water partition coefficient (Wildman–Crippen LogP) is 1.76. The van der Waals surface area contributed by atoms with Crippen molar-refractivity contribution < 1.29 is 0 Å². The Bertz CT molecular complexity index is 186. The highest BCUT2D eigenvalue weighted by atomic mass is 14.9. The molecular weight excluding hydrogens is 120 g/mol. The Hall–Kier alpha value is 0. The van der Waals surface area contributed by atoms with Crippen molar-refractivity contribution in [3.63, 3.8) is 0 Å². The quantitative estimate of drug-likeness (QED) is 0.441. The van der Waals surface area contributed by atoms with Crippen molar-refractivity contribution >= 4 is 0 Å². The molecule has 0 heterocycles. The van der Waals surface area contributed by atoms with Crippen LogP contribution in [0.1, 0.15) is 12.8 Å². The van der Waals surface area contributed by atoms with Crippen molar-refractivity contribution in [1.82, 2.24) is 0 Å². The maximum atomic E-state index is 1.65. The van der Waals surface area contributed by atoms with Gasteiger partial charge in [-0.05, 0) is 60.2 Å². The lowest BCUT2D eigenvalue weighted by Gasteiger charge is -2.65. The summed E-state index contributed by atoms with van der Waals surface area (Å²) in [4.78, 5) is 0. The molecule has 0 N–H and O–H groups in total. The third kappa shape index (κ3) is 0.202. The fraction of sp³-hybridized carbons (Fsp3) is 1.00. The van der Waals surface area contributed by atoms with Crippen molar-refractivity contribution in [3.8, 4) is 0 Å². The highest BCUT2D eigenvalue weighted by Gasteiger charge is 2.83. The summed E-state index contributed by atoms with van der Waals surface area (Å²) in [7, 11) is 0. The van der Waals surface area contributed by atoms with Crippen LogP contribution >= 0.6 is 0 Å². The van der Waals surface area contributed by atoms with E-state index in [9.17, 15) is 0 Å². The van der Waals surface area contributed by atoms with Crippen molar-refractivity contribution in [3.05, 3.63) is 0 Å². The highest BCUT2D eigenvalue weighted by molar-refractivity contribution is 5.31. The van der Waals surface area contributed by atoms with Gasteiger partial charge in [-0.3, -0.25) is 0 Å². The lowest BCUT2D eigenvalue weighted by molar-refractivity contribution is -0.183. The van der Waals surface area contributed by atoms with E-state index in [1.807, 2.05) is 0 Å². The third-order valence-electron chi connectivity index (χ3n) is 5.54. The van der Waals surface area contributed by atoms with E-state index < -0.39 is 0 Å². The van der Waals surface area contributed by atoms with Crippen LogP contribution in [0.25, 0.3) is 0 Å². The molecule has 5 saturated carbocycles. The molecule has 0 aromatic carbocycles. The molecule has 4 atom stereocenters. The molecule has 52 valence electrons. The second-order valence-electron chi connectivity index (χ2n) is 5.44. The van der Waals surface area contributed by atoms with E-state index in [-0.39, 0.29) is 0 Å². The van der Waals surface area contributed by atoms with Crippen LogP contribution < -0.4 is 0 Å². The summed E-state index contributed by atoms with van der Waals surface area (Å²) >= 11 is 0. The molecule has 10 heavy (non-hydrogen) atoms. The second kappa shape index (κ2) is 0.852. The molecule has 5 fully saturated rings. The van der Waals surface area contributed by atoms with Gasteiger partial charge in [0.05, 0.1) is 0 Å². The maximum Gasteiger partial charge on any atom is -0.0315 e. The van der Waals surface area contributed by atoms with Gasteiger partial charge in [0.1, 0.15) is 0 Å². The Morgan fingerprint density at radius 1 is 0.500 bits per heavy atom. The zero-order valence-corrected chi connectivity index (χ0v) is 6.03. The van der Waals surface area contributed by atoms with Crippen LogP contribution in [0.4, 0.5) is 0 Å². The number of hydrogen-bond donors (Lipinski definition) is 0. The minimum absolute atomic E-state index is 1.28. The first-order valence-corrected chi connectivity index (χ1v) is 4.97. The van der Waals surface area contributed by atoms with Crippen LogP contribution in [-0.4, -0.2) is 0 Å². The van der Waals surface area contributed by atoms with Gasteiger partial charge in [-0.2, -0.15) is 0 Å². The average Bonchev–Trinajstić information content (AvgIpc) is 2.65. The van der Waals surface area contributed by atoms with E-state index in [2.05, 4.69) is 0 Å². The molecule has 0 aliphatic heterocycles. The molecule has 0 nitrogen and oxygen atoms in total. The van der Waals surface area contributed by atoms with Crippen LogP contribution in [0.2, 0.25) is 0 Å². The molecule has 0 unspecified atom stereocenters. The first kappa shape index (κ1) is 4.13. The van der Waals surface area contributed by atoms with E-state index in [1.165, 1.54) is 47.3 Å². The zero-order chi connectivity index (χ0) is 6.03. The van der Waals surface area contributed by atoms with Gasteiger partial charge in [-0.25, -0.2) is 0 Å². The summed E-state index contributed by atoms with van der Waals surface area (Å²) in [6, 6.07) is 0. The fourth-order valence-electron chi connectivity index (χ4n) is 5.12. The minimum atomic E-state index is 1.28. The van der Waals surface area contributed by atoms with Gasteiger partial charge in [-0.1, -0.05) is 0 Å². The van der Waals surface area contributed by atoms with Crippen molar-refractivity contribution in [1.29, 1.82) is 0 Å². The Labute approximate surface area is 61.0 Å². The lowest BCUT2D eigenvalue weighted by atomic mass is 9.39. The van der Waals surface area contributed by atoms with Gasteiger partial charge in [0.15, 0.2) is 0 Å². The molecule has 5 aliphatic carbocycles. The normalized spacial score (nSPS) is 91.2. The van der Waals surface area contributed by atoms with E-state index in [1.54, 1.807) is 12.8 Å². The first-order chi connectivity index (χ1) is 4.97. The molecule has 0 aromatic heterocycles. The smallest absolute Gasteiger partial charge is 0.0315 e. The summed E-state index contributed by atoms with van der Waals surface area (Å²) in [5, 5.41) is 0. The first-order valence-electron chi connectivity index (χ1n) is 4.97. The van der Waals surface area contributed by atoms with E-state index in [4.69, 9.17) is 0 Å². The topological polar surface area (TPSA) is 0 Å². The van der Waals surface area contributed by atoms with Gasteiger partial charge >= 0.3 is 0 Å². The minimum Gasteiger partial charge on any atom is -0.0465 e. The molecule has 0 amide bonds. The molecular formula is C10H12. The zero-order valence-electron chi connectivity index (χ0n) is 6.03. The maximum absolute atomic E-state index is 1.65. The summed E-state index contributed by atoms with van der Waals surface area (Å²) in [6.07, 6.45) is 3.31. The van der Waals surface area contributed by atoms with Gasteiger partial charge in [0.25, 0.3) is 0 Å². The Balaban J connectivity index is 1.67. The van der Waals surface area contributed by atoms with Gasteiger partial charge < -0.3 is 0 Å². The van der Waals surface area contributed by atoms with Crippen LogP contribution in [0.3, 0.4) is 0 Å². The molecule has 0 spiro atoms. The molecule has 5 rings (SSSR count). The number of fused-ring (bicyclic) bond motifs is 10. The molecule has 0 radical (unpaired) electrons. The third-order valence-corrected chi connectivity index (χ3v) is 5.54. The molecule has 0 heteroatoms. The predicted molar refractivity (Wildman–Crippen MR) is 37.2 cm³/mol.